The molecule has 1 saturated heterocycles. The van der Waals surface area contributed by atoms with Gasteiger partial charge in [-0.25, -0.2) is 14.2 Å². The molecule has 2 N–H and O–H groups in total. The maximum atomic E-state index is 13.9. The van der Waals surface area contributed by atoms with Gasteiger partial charge in [0.15, 0.2) is 0 Å². The lowest BCUT2D eigenvalue weighted by molar-refractivity contribution is 0.0528. The minimum Gasteiger partial charge on any atom is -0.456 e. The quantitative estimate of drug-likeness (QED) is 0.621. The van der Waals surface area contributed by atoms with E-state index < -0.39 is 11.8 Å². The predicted molar refractivity (Wildman–Crippen MR) is 114 cm³/mol. The number of pyridine rings is 1. The van der Waals surface area contributed by atoms with Crippen LogP contribution in [0.15, 0.2) is 23.0 Å². The van der Waals surface area contributed by atoms with Crippen LogP contribution in [-0.4, -0.2) is 39.2 Å². The number of ether oxygens (including phenoxy) is 1. The summed E-state index contributed by atoms with van der Waals surface area (Å²) in [6, 6.07) is 4.12. The predicted octanol–water partition coefficient (Wildman–Crippen LogP) is 2.17. The Morgan fingerprint density at radius 1 is 1.35 bits per heavy atom. The number of carbonyl (C=O) groups excluding carboxylic acids is 1. The van der Waals surface area contributed by atoms with Gasteiger partial charge in [-0.05, 0) is 36.6 Å². The molecule has 1 fully saturated rings. The van der Waals surface area contributed by atoms with Crippen LogP contribution in [0.2, 0.25) is 5.02 Å². The van der Waals surface area contributed by atoms with Crippen LogP contribution in [0.1, 0.15) is 34.5 Å². The molecule has 31 heavy (non-hydrogen) atoms. The molecule has 10 heteroatoms. The molecule has 0 aliphatic carbocycles. The average Bonchev–Trinajstić information content (AvgIpc) is 3.30. The Balaban J connectivity index is 1.77. The van der Waals surface area contributed by atoms with E-state index >= 15 is 0 Å². The molecule has 8 nitrogen and oxygen atoms in total. The minimum absolute atomic E-state index is 0.0155. The third kappa shape index (κ3) is 3.19. The van der Waals surface area contributed by atoms with Crippen molar-refractivity contribution >= 4 is 34.6 Å². The van der Waals surface area contributed by atoms with Crippen molar-refractivity contribution < 1.29 is 13.9 Å². The second-order valence-electron chi connectivity index (χ2n) is 8.05. The van der Waals surface area contributed by atoms with Crippen LogP contribution < -0.4 is 16.2 Å². The smallest absolute Gasteiger partial charge is 0.355 e. The second-order valence-corrected chi connectivity index (χ2v) is 8.45. The van der Waals surface area contributed by atoms with Gasteiger partial charge in [-0.2, -0.15) is 0 Å². The van der Waals surface area contributed by atoms with Crippen molar-refractivity contribution in [3.63, 3.8) is 0 Å². The monoisotopic (exact) mass is 445 g/mol. The molecule has 4 heterocycles. The first-order valence-electron chi connectivity index (χ1n) is 10.1. The Labute approximate surface area is 182 Å². The molecule has 1 atom stereocenters. The first-order chi connectivity index (χ1) is 14.8. The van der Waals surface area contributed by atoms with Gasteiger partial charge in [0.05, 0.1) is 6.54 Å². The van der Waals surface area contributed by atoms with Crippen LogP contribution >= 0.6 is 11.6 Å². The SMILES string of the molecule is Cn1c2c(c3nc(N4CCC[C@@H](N)C4)n(Cc4cc(F)ccc4Cl)c3c1=O)COC2=O. The summed E-state index contributed by atoms with van der Waals surface area (Å²) in [6.45, 7) is 1.51. The summed E-state index contributed by atoms with van der Waals surface area (Å²) < 4.78 is 22.2. The maximum Gasteiger partial charge on any atom is 0.355 e. The minimum atomic E-state index is -0.541. The van der Waals surface area contributed by atoms with Crippen molar-refractivity contribution in [2.45, 2.75) is 32.0 Å². The number of carbonyl (C=O) groups is 1. The summed E-state index contributed by atoms with van der Waals surface area (Å²) in [5.41, 5.74) is 7.88. The van der Waals surface area contributed by atoms with E-state index in [1.165, 1.54) is 29.8 Å². The molecular formula is C21H21ClFN5O3. The van der Waals surface area contributed by atoms with Gasteiger partial charge in [0, 0.05) is 36.8 Å². The largest absolute Gasteiger partial charge is 0.456 e. The third-order valence-corrected chi connectivity index (χ3v) is 6.35. The van der Waals surface area contributed by atoms with Gasteiger partial charge in [0.25, 0.3) is 5.56 Å². The van der Waals surface area contributed by atoms with E-state index in [9.17, 15) is 14.0 Å². The lowest BCUT2D eigenvalue weighted by atomic mass is 10.1. The Bertz CT molecular complexity index is 1280. The zero-order chi connectivity index (χ0) is 21.9. The molecule has 0 bridgehead atoms. The molecule has 1 aromatic carbocycles. The molecule has 2 aliphatic rings. The molecule has 0 spiro atoms. The van der Waals surface area contributed by atoms with E-state index in [-0.39, 0.29) is 30.4 Å². The zero-order valence-electron chi connectivity index (χ0n) is 16.9. The Morgan fingerprint density at radius 2 is 2.16 bits per heavy atom. The molecule has 162 valence electrons. The zero-order valence-corrected chi connectivity index (χ0v) is 17.7. The number of nitrogens with two attached hydrogens (primary N) is 1. The highest BCUT2D eigenvalue weighted by Crippen LogP contribution is 2.31. The fourth-order valence-corrected chi connectivity index (χ4v) is 4.64. The summed E-state index contributed by atoms with van der Waals surface area (Å²) in [5.74, 6) is -0.408. The average molecular weight is 446 g/mol. The number of aromatic nitrogens is 3. The van der Waals surface area contributed by atoms with Gasteiger partial charge in [-0.1, -0.05) is 11.6 Å². The number of fused-ring (bicyclic) bond motifs is 3. The molecule has 0 radical (unpaired) electrons. The molecule has 3 aromatic rings. The van der Waals surface area contributed by atoms with Crippen molar-refractivity contribution in [2.75, 3.05) is 18.0 Å². The van der Waals surface area contributed by atoms with Crippen LogP contribution in [0.4, 0.5) is 10.3 Å². The second kappa shape index (κ2) is 7.35. The number of cyclic esters (lactones) is 1. The fourth-order valence-electron chi connectivity index (χ4n) is 4.46. The lowest BCUT2D eigenvalue weighted by Crippen LogP contribution is -2.44. The summed E-state index contributed by atoms with van der Waals surface area (Å²) in [5, 5.41) is 0.390. The van der Waals surface area contributed by atoms with Gasteiger partial charge < -0.3 is 24.5 Å². The van der Waals surface area contributed by atoms with Crippen LogP contribution in [0.5, 0.6) is 0 Å². The molecule has 2 aromatic heterocycles. The first kappa shape index (κ1) is 20.0. The highest BCUT2D eigenvalue weighted by atomic mass is 35.5. The van der Waals surface area contributed by atoms with E-state index in [1.54, 1.807) is 4.57 Å². The van der Waals surface area contributed by atoms with Gasteiger partial charge in [-0.3, -0.25) is 4.79 Å². The number of esters is 1. The normalized spacial score (nSPS) is 18.5. The number of imidazole rings is 1. The molecule has 5 rings (SSSR count). The van der Waals surface area contributed by atoms with Crippen molar-refractivity contribution in [3.05, 3.63) is 56.2 Å². The molecule has 0 amide bonds. The van der Waals surface area contributed by atoms with E-state index in [1.807, 2.05) is 4.90 Å². The number of hydrogen-bond acceptors (Lipinski definition) is 6. The van der Waals surface area contributed by atoms with Gasteiger partial charge >= 0.3 is 5.97 Å². The van der Waals surface area contributed by atoms with Crippen LogP contribution in [0.25, 0.3) is 11.0 Å². The number of piperidine rings is 1. The van der Waals surface area contributed by atoms with Crippen molar-refractivity contribution in [2.24, 2.45) is 12.8 Å². The number of anilines is 1. The number of nitrogens with zero attached hydrogens (tertiary/aromatic N) is 4. The molecule has 0 unspecified atom stereocenters. The summed E-state index contributed by atoms with van der Waals surface area (Å²) >= 11 is 6.33. The lowest BCUT2D eigenvalue weighted by Gasteiger charge is -2.32. The van der Waals surface area contributed by atoms with Gasteiger partial charge in [0.1, 0.15) is 29.2 Å². The van der Waals surface area contributed by atoms with E-state index in [2.05, 4.69) is 0 Å². The third-order valence-electron chi connectivity index (χ3n) is 5.98. The van der Waals surface area contributed by atoms with Crippen molar-refractivity contribution in [3.8, 4) is 0 Å². The topological polar surface area (TPSA) is 95.4 Å². The van der Waals surface area contributed by atoms with Crippen LogP contribution in [0, 0.1) is 5.82 Å². The Morgan fingerprint density at radius 3 is 2.94 bits per heavy atom. The number of benzene rings is 1. The number of hydrogen-bond donors (Lipinski definition) is 1. The first-order valence-corrected chi connectivity index (χ1v) is 10.5. The van der Waals surface area contributed by atoms with E-state index in [0.29, 0.717) is 39.7 Å². The number of halogens is 2. The van der Waals surface area contributed by atoms with Crippen LogP contribution in [0.3, 0.4) is 0 Å². The van der Waals surface area contributed by atoms with Crippen LogP contribution in [-0.2, 0) is 24.9 Å². The fraction of sp³-hybridized carbons (Fsp3) is 0.381. The highest BCUT2D eigenvalue weighted by Gasteiger charge is 2.33. The van der Waals surface area contributed by atoms with E-state index in [4.69, 9.17) is 27.1 Å². The Hall–Kier alpha value is -2.91. The Kier molecular flexibility index (Phi) is 4.75. The summed E-state index contributed by atoms with van der Waals surface area (Å²) in [7, 11) is 1.54. The van der Waals surface area contributed by atoms with Gasteiger partial charge in [0.2, 0.25) is 5.95 Å². The maximum absolute atomic E-state index is 13.9. The molecule has 2 aliphatic heterocycles. The summed E-state index contributed by atoms with van der Waals surface area (Å²) in [4.78, 5) is 32.3. The molecular weight excluding hydrogens is 425 g/mol. The van der Waals surface area contributed by atoms with E-state index in [0.717, 1.165) is 19.4 Å². The highest BCUT2D eigenvalue weighted by molar-refractivity contribution is 6.31. The summed E-state index contributed by atoms with van der Waals surface area (Å²) in [6.07, 6.45) is 1.80. The number of rotatable bonds is 3. The van der Waals surface area contributed by atoms with Crippen molar-refractivity contribution in [1.82, 2.24) is 14.1 Å². The standard InChI is InChI=1S/C21H21ClFN5O3/c1-26-17-14(10-31-20(17)30)16-18(19(26)29)28(8-11-7-12(23)4-5-15(11)22)21(25-16)27-6-2-3-13(24)9-27/h4-5,7,13H,2-3,6,8-10,24H2,1H3/t13-/m1/s1. The van der Waals surface area contributed by atoms with Gasteiger partial charge in [-0.15, -0.1) is 0 Å². The van der Waals surface area contributed by atoms with Crippen molar-refractivity contribution in [1.29, 1.82) is 0 Å². The molecule has 0 saturated carbocycles.